The zero-order valence-corrected chi connectivity index (χ0v) is 14.8. The molecule has 1 heterocycles. The summed E-state index contributed by atoms with van der Waals surface area (Å²) in [6.07, 6.45) is 3.28. The van der Waals surface area contributed by atoms with Crippen LogP contribution in [0.15, 0.2) is 0 Å². The largest absolute Gasteiger partial charge is 0.550 e. The van der Waals surface area contributed by atoms with Crippen LogP contribution in [-0.2, 0) is 27.2 Å². The summed E-state index contributed by atoms with van der Waals surface area (Å²) >= 11 is 1.40. The Morgan fingerprint density at radius 1 is 1.29 bits per heavy atom. The molecule has 0 radical (unpaired) electrons. The first kappa shape index (κ1) is 18.4. The third kappa shape index (κ3) is 4.35. The number of rotatable bonds is 7. The van der Waals surface area contributed by atoms with Gasteiger partial charge in [0.05, 0.1) is 12.2 Å². The molecule has 0 spiro atoms. The van der Waals surface area contributed by atoms with Crippen LogP contribution in [-0.4, -0.2) is 24.5 Å². The van der Waals surface area contributed by atoms with E-state index in [2.05, 4.69) is 12.2 Å². The fourth-order valence-corrected chi connectivity index (χ4v) is 4.28. The summed E-state index contributed by atoms with van der Waals surface area (Å²) in [4.78, 5) is 35.9. The number of nitrogens with one attached hydrogen (secondary N) is 1. The Bertz CT molecular complexity index is 637. The Morgan fingerprint density at radius 2 is 2.04 bits per heavy atom. The molecule has 1 amide bonds. The number of hydrogen-bond donors (Lipinski definition) is 1. The molecule has 1 N–H and O–H groups in total. The molecular weight excluding hydrogens is 330 g/mol. The van der Waals surface area contributed by atoms with Crippen LogP contribution in [0.5, 0.6) is 0 Å². The summed E-state index contributed by atoms with van der Waals surface area (Å²) in [7, 11) is 0. The SMILES string of the molecule is CCOC(=O)c1c(NC(=O)CCC(=O)[O-])sc2c1CCC(CC)C2. The first-order valence-corrected chi connectivity index (χ1v) is 9.09. The highest BCUT2D eigenvalue weighted by Gasteiger charge is 2.29. The van der Waals surface area contributed by atoms with Gasteiger partial charge in [0, 0.05) is 17.3 Å². The van der Waals surface area contributed by atoms with Crippen LogP contribution in [0.1, 0.15) is 60.3 Å². The van der Waals surface area contributed by atoms with Crippen molar-refractivity contribution in [2.45, 2.75) is 52.4 Å². The van der Waals surface area contributed by atoms with Crippen molar-refractivity contribution in [3.05, 3.63) is 16.0 Å². The number of hydrogen-bond acceptors (Lipinski definition) is 6. The molecule has 1 unspecified atom stereocenters. The van der Waals surface area contributed by atoms with Gasteiger partial charge in [0.25, 0.3) is 0 Å². The number of esters is 1. The standard InChI is InChI=1S/C17H23NO5S/c1-3-10-5-6-11-12(9-10)24-16(15(11)17(22)23-4-2)18-13(19)7-8-14(20)21/h10H,3-9H2,1-2H3,(H,18,19)(H,20,21)/p-1. The predicted octanol–water partition coefficient (Wildman–Crippen LogP) is 1.91. The number of carbonyl (C=O) groups excluding carboxylic acids is 3. The number of carbonyl (C=O) groups is 3. The monoisotopic (exact) mass is 352 g/mol. The van der Waals surface area contributed by atoms with Crippen molar-refractivity contribution in [1.82, 2.24) is 0 Å². The van der Waals surface area contributed by atoms with E-state index in [4.69, 9.17) is 4.74 Å². The number of anilines is 1. The highest BCUT2D eigenvalue weighted by Crippen LogP contribution is 2.40. The molecule has 0 fully saturated rings. The van der Waals surface area contributed by atoms with Gasteiger partial charge in [-0.1, -0.05) is 13.3 Å². The fourth-order valence-electron chi connectivity index (χ4n) is 2.91. The van der Waals surface area contributed by atoms with Crippen LogP contribution >= 0.6 is 11.3 Å². The highest BCUT2D eigenvalue weighted by molar-refractivity contribution is 7.17. The lowest BCUT2D eigenvalue weighted by atomic mass is 9.85. The highest BCUT2D eigenvalue weighted by atomic mass is 32.1. The van der Waals surface area contributed by atoms with Gasteiger partial charge in [-0.25, -0.2) is 4.79 Å². The first-order chi connectivity index (χ1) is 11.5. The molecule has 0 aliphatic heterocycles. The second-order valence-corrected chi connectivity index (χ2v) is 6.97. The van der Waals surface area contributed by atoms with Gasteiger partial charge in [-0.2, -0.15) is 0 Å². The number of aliphatic carboxylic acids is 1. The summed E-state index contributed by atoms with van der Waals surface area (Å²) in [6.45, 7) is 4.15. The van der Waals surface area contributed by atoms with Crippen LogP contribution in [0.2, 0.25) is 0 Å². The Balaban J connectivity index is 2.25. The van der Waals surface area contributed by atoms with E-state index in [1.165, 1.54) is 11.3 Å². The Kier molecular flexibility index (Phi) is 6.36. The molecule has 1 aliphatic rings. The van der Waals surface area contributed by atoms with E-state index in [0.29, 0.717) is 16.5 Å². The van der Waals surface area contributed by atoms with Gasteiger partial charge in [0.1, 0.15) is 5.00 Å². The average molecular weight is 352 g/mol. The lowest BCUT2D eigenvalue weighted by Crippen LogP contribution is -2.24. The molecule has 0 aromatic carbocycles. The molecule has 1 aliphatic carbocycles. The lowest BCUT2D eigenvalue weighted by molar-refractivity contribution is -0.305. The number of carboxylic acids is 1. The molecule has 0 saturated heterocycles. The van der Waals surface area contributed by atoms with Crippen molar-refractivity contribution >= 4 is 34.2 Å². The Labute approximate surface area is 145 Å². The maximum Gasteiger partial charge on any atom is 0.341 e. The van der Waals surface area contributed by atoms with Gasteiger partial charge in [-0.05, 0) is 44.1 Å². The van der Waals surface area contributed by atoms with Gasteiger partial charge in [-0.15, -0.1) is 11.3 Å². The summed E-state index contributed by atoms with van der Waals surface area (Å²) < 4.78 is 5.14. The fraction of sp³-hybridized carbons (Fsp3) is 0.588. The number of amides is 1. The van der Waals surface area contributed by atoms with Crippen molar-refractivity contribution < 1.29 is 24.2 Å². The molecule has 1 aromatic rings. The van der Waals surface area contributed by atoms with Crippen LogP contribution in [0.25, 0.3) is 0 Å². The van der Waals surface area contributed by atoms with E-state index in [9.17, 15) is 19.5 Å². The van der Waals surface area contributed by atoms with Crippen molar-refractivity contribution in [3.63, 3.8) is 0 Å². The molecule has 7 heteroatoms. The molecule has 0 saturated carbocycles. The van der Waals surface area contributed by atoms with E-state index in [1.807, 2.05) is 0 Å². The zero-order chi connectivity index (χ0) is 17.7. The van der Waals surface area contributed by atoms with Gasteiger partial charge < -0.3 is 20.0 Å². The summed E-state index contributed by atoms with van der Waals surface area (Å²) in [6, 6.07) is 0. The van der Waals surface area contributed by atoms with Crippen LogP contribution in [0, 0.1) is 5.92 Å². The normalized spacial score (nSPS) is 16.3. The van der Waals surface area contributed by atoms with Crippen LogP contribution in [0.4, 0.5) is 5.00 Å². The average Bonchev–Trinajstić information content (AvgIpc) is 2.89. The molecule has 132 valence electrons. The molecule has 24 heavy (non-hydrogen) atoms. The van der Waals surface area contributed by atoms with Gasteiger partial charge in [0.2, 0.25) is 5.91 Å². The molecule has 1 atom stereocenters. The molecule has 0 bridgehead atoms. The third-order valence-corrected chi connectivity index (χ3v) is 5.40. The van der Waals surface area contributed by atoms with Crippen molar-refractivity contribution in [1.29, 1.82) is 0 Å². The minimum atomic E-state index is -1.27. The Hall–Kier alpha value is -1.89. The number of thiophene rings is 1. The number of carboxylic acid groups (broad SMARTS) is 1. The van der Waals surface area contributed by atoms with E-state index in [0.717, 1.165) is 36.1 Å². The smallest absolute Gasteiger partial charge is 0.341 e. The van der Waals surface area contributed by atoms with Crippen molar-refractivity contribution in [2.75, 3.05) is 11.9 Å². The van der Waals surface area contributed by atoms with Crippen LogP contribution in [0.3, 0.4) is 0 Å². The zero-order valence-electron chi connectivity index (χ0n) is 14.0. The molecular formula is C17H22NO5S-. The third-order valence-electron chi connectivity index (χ3n) is 4.23. The molecule has 1 aromatic heterocycles. The van der Waals surface area contributed by atoms with Crippen molar-refractivity contribution in [2.24, 2.45) is 5.92 Å². The second kappa shape index (κ2) is 8.28. The topological polar surface area (TPSA) is 95.5 Å². The minimum Gasteiger partial charge on any atom is -0.550 e. The lowest BCUT2D eigenvalue weighted by Gasteiger charge is -2.20. The van der Waals surface area contributed by atoms with E-state index < -0.39 is 17.8 Å². The number of fused-ring (bicyclic) bond motifs is 1. The summed E-state index contributed by atoms with van der Waals surface area (Å²) in [5.41, 5.74) is 1.41. The van der Waals surface area contributed by atoms with E-state index in [-0.39, 0.29) is 19.4 Å². The van der Waals surface area contributed by atoms with Crippen molar-refractivity contribution in [3.8, 4) is 0 Å². The Morgan fingerprint density at radius 3 is 2.67 bits per heavy atom. The summed E-state index contributed by atoms with van der Waals surface area (Å²) in [5.74, 6) is -1.55. The van der Waals surface area contributed by atoms with Gasteiger partial charge in [-0.3, -0.25) is 4.79 Å². The summed E-state index contributed by atoms with van der Waals surface area (Å²) in [5, 5.41) is 13.6. The molecule has 2 rings (SSSR count). The van der Waals surface area contributed by atoms with Gasteiger partial charge in [0.15, 0.2) is 0 Å². The maximum atomic E-state index is 12.3. The van der Waals surface area contributed by atoms with E-state index in [1.54, 1.807) is 6.92 Å². The maximum absolute atomic E-state index is 12.3. The number of ether oxygens (including phenoxy) is 1. The second-order valence-electron chi connectivity index (χ2n) is 5.87. The minimum absolute atomic E-state index is 0.176. The quantitative estimate of drug-likeness (QED) is 0.756. The first-order valence-electron chi connectivity index (χ1n) is 8.27. The predicted molar refractivity (Wildman–Crippen MR) is 89.0 cm³/mol. The van der Waals surface area contributed by atoms with Crippen LogP contribution < -0.4 is 10.4 Å². The van der Waals surface area contributed by atoms with Gasteiger partial charge >= 0.3 is 5.97 Å². The van der Waals surface area contributed by atoms with E-state index >= 15 is 0 Å². The molecule has 6 nitrogen and oxygen atoms in total.